The van der Waals surface area contributed by atoms with Gasteiger partial charge in [-0.1, -0.05) is 12.1 Å². The number of nitrogens with zero attached hydrogens (tertiary/aromatic N) is 4. The molecule has 1 amide bonds. The van der Waals surface area contributed by atoms with Gasteiger partial charge in [-0.25, -0.2) is 19.3 Å². The number of thiazole rings is 1. The molecule has 0 radical (unpaired) electrons. The lowest BCUT2D eigenvalue weighted by atomic mass is 10.00. The number of carbonyl (C=O) groups is 1. The van der Waals surface area contributed by atoms with Gasteiger partial charge in [0.15, 0.2) is 0 Å². The summed E-state index contributed by atoms with van der Waals surface area (Å²) in [6.07, 6.45) is 3.42. The SMILES string of the molecule is Cc1nc(C(=O)N(Cc2cc(-c3ccc4ncnc(NC(C)(C)C)c4c3)ccc2F)C2CC2)cs1. The summed E-state index contributed by atoms with van der Waals surface area (Å²) in [4.78, 5) is 28.1. The fourth-order valence-corrected chi connectivity index (χ4v) is 4.70. The van der Waals surface area contributed by atoms with Crippen LogP contribution in [0.1, 0.15) is 54.7 Å². The number of fused-ring (bicyclic) bond motifs is 1. The van der Waals surface area contributed by atoms with Gasteiger partial charge in [-0.15, -0.1) is 11.3 Å². The second kappa shape index (κ2) is 9.00. The smallest absolute Gasteiger partial charge is 0.273 e. The van der Waals surface area contributed by atoms with Gasteiger partial charge >= 0.3 is 0 Å². The lowest BCUT2D eigenvalue weighted by Gasteiger charge is -2.23. The third kappa shape index (κ3) is 5.17. The van der Waals surface area contributed by atoms with Gasteiger partial charge in [-0.3, -0.25) is 4.79 Å². The molecule has 1 N–H and O–H groups in total. The number of amides is 1. The van der Waals surface area contributed by atoms with Crippen molar-refractivity contribution in [1.29, 1.82) is 0 Å². The van der Waals surface area contributed by atoms with E-state index < -0.39 is 0 Å². The fourth-order valence-electron chi connectivity index (χ4n) is 4.11. The van der Waals surface area contributed by atoms with Crippen LogP contribution in [0, 0.1) is 12.7 Å². The molecule has 5 rings (SSSR count). The highest BCUT2D eigenvalue weighted by molar-refractivity contribution is 7.09. The van der Waals surface area contributed by atoms with Gasteiger partial charge in [0, 0.05) is 34.5 Å². The van der Waals surface area contributed by atoms with Crippen LogP contribution in [0.15, 0.2) is 48.1 Å². The Morgan fingerprint density at radius 1 is 1.14 bits per heavy atom. The van der Waals surface area contributed by atoms with E-state index in [2.05, 4.69) is 41.0 Å². The maximum Gasteiger partial charge on any atom is 0.273 e. The van der Waals surface area contributed by atoms with Gasteiger partial charge in [0.2, 0.25) is 0 Å². The average molecular weight is 490 g/mol. The molecule has 0 unspecified atom stereocenters. The second-order valence-corrected chi connectivity index (χ2v) is 11.1. The van der Waals surface area contributed by atoms with Crippen molar-refractivity contribution in [3.05, 3.63) is 70.2 Å². The van der Waals surface area contributed by atoms with Crippen molar-refractivity contribution in [2.24, 2.45) is 0 Å². The van der Waals surface area contributed by atoms with Crippen LogP contribution in [-0.2, 0) is 6.54 Å². The van der Waals surface area contributed by atoms with E-state index in [0.29, 0.717) is 11.3 Å². The van der Waals surface area contributed by atoms with E-state index in [9.17, 15) is 9.18 Å². The van der Waals surface area contributed by atoms with Crippen LogP contribution >= 0.6 is 11.3 Å². The van der Waals surface area contributed by atoms with Gasteiger partial charge < -0.3 is 10.2 Å². The summed E-state index contributed by atoms with van der Waals surface area (Å²) in [6.45, 7) is 8.33. The first kappa shape index (κ1) is 23.4. The Labute approximate surface area is 208 Å². The Morgan fingerprint density at radius 3 is 2.57 bits per heavy atom. The standard InChI is InChI=1S/C27H28FN5OS/c1-16-31-24(14-35-16)26(34)33(20-7-8-20)13-19-11-17(5-9-22(19)28)18-6-10-23-21(12-18)25(30-15-29-23)32-27(2,3)4/h5-6,9-12,14-15,20H,7-8,13H2,1-4H3,(H,29,30,32). The van der Waals surface area contributed by atoms with E-state index in [0.717, 1.165) is 45.7 Å². The van der Waals surface area contributed by atoms with E-state index in [-0.39, 0.29) is 29.8 Å². The molecule has 2 aromatic heterocycles. The Balaban J connectivity index is 1.48. The van der Waals surface area contributed by atoms with Crippen molar-refractivity contribution >= 4 is 34.0 Å². The number of rotatable bonds is 6. The van der Waals surface area contributed by atoms with Crippen molar-refractivity contribution in [1.82, 2.24) is 19.9 Å². The van der Waals surface area contributed by atoms with E-state index in [1.165, 1.54) is 17.4 Å². The van der Waals surface area contributed by atoms with Crippen LogP contribution < -0.4 is 5.32 Å². The molecule has 0 aliphatic heterocycles. The molecule has 1 aliphatic carbocycles. The van der Waals surface area contributed by atoms with Crippen molar-refractivity contribution < 1.29 is 9.18 Å². The Hall–Kier alpha value is -3.39. The van der Waals surface area contributed by atoms with Gasteiger partial charge in [-0.05, 0) is 75.9 Å². The zero-order chi connectivity index (χ0) is 24.7. The van der Waals surface area contributed by atoms with E-state index in [1.54, 1.807) is 22.7 Å². The normalized spacial score (nSPS) is 13.7. The van der Waals surface area contributed by atoms with E-state index in [4.69, 9.17) is 0 Å². The molecule has 1 aliphatic rings. The van der Waals surface area contributed by atoms with Crippen LogP contribution in [0.5, 0.6) is 0 Å². The Kier molecular flexibility index (Phi) is 6.01. The molecule has 180 valence electrons. The minimum Gasteiger partial charge on any atom is -0.365 e. The monoisotopic (exact) mass is 489 g/mol. The molecule has 0 atom stereocenters. The zero-order valence-corrected chi connectivity index (χ0v) is 21.1. The molecule has 0 spiro atoms. The third-order valence-corrected chi connectivity index (χ3v) is 6.71. The minimum absolute atomic E-state index is 0.136. The summed E-state index contributed by atoms with van der Waals surface area (Å²) in [6, 6.07) is 11.2. The number of nitrogens with one attached hydrogen (secondary N) is 1. The molecular formula is C27H28FN5OS. The molecule has 1 saturated carbocycles. The maximum atomic E-state index is 14.9. The van der Waals surface area contributed by atoms with Crippen molar-refractivity contribution in [3.63, 3.8) is 0 Å². The number of hydrogen-bond donors (Lipinski definition) is 1. The fraction of sp³-hybridized carbons (Fsp3) is 0.333. The zero-order valence-electron chi connectivity index (χ0n) is 20.3. The number of aromatic nitrogens is 3. The highest BCUT2D eigenvalue weighted by Crippen LogP contribution is 2.33. The summed E-state index contributed by atoms with van der Waals surface area (Å²) >= 11 is 1.45. The minimum atomic E-state index is -0.319. The first-order chi connectivity index (χ1) is 16.7. The molecule has 8 heteroatoms. The van der Waals surface area contributed by atoms with Gasteiger partial charge in [-0.2, -0.15) is 0 Å². The predicted molar refractivity (Wildman–Crippen MR) is 138 cm³/mol. The van der Waals surface area contributed by atoms with Gasteiger partial charge in [0.05, 0.1) is 10.5 Å². The van der Waals surface area contributed by atoms with Crippen LogP contribution in [0.4, 0.5) is 10.2 Å². The molecule has 4 aromatic rings. The summed E-state index contributed by atoms with van der Waals surface area (Å²) in [7, 11) is 0. The van der Waals surface area contributed by atoms with Crippen molar-refractivity contribution in [3.8, 4) is 11.1 Å². The second-order valence-electron chi connectivity index (χ2n) is 10.1. The summed E-state index contributed by atoms with van der Waals surface area (Å²) < 4.78 is 14.9. The molecule has 35 heavy (non-hydrogen) atoms. The molecule has 2 aromatic carbocycles. The summed E-state index contributed by atoms with van der Waals surface area (Å²) in [5.41, 5.74) is 3.42. The quantitative estimate of drug-likeness (QED) is 0.348. The van der Waals surface area contributed by atoms with Crippen LogP contribution in [0.2, 0.25) is 0 Å². The lowest BCUT2D eigenvalue weighted by molar-refractivity contribution is 0.0723. The van der Waals surface area contributed by atoms with Crippen molar-refractivity contribution in [2.45, 2.75) is 58.7 Å². The highest BCUT2D eigenvalue weighted by Gasteiger charge is 2.34. The maximum absolute atomic E-state index is 14.9. The van der Waals surface area contributed by atoms with E-state index >= 15 is 0 Å². The number of carbonyl (C=O) groups excluding carboxylic acids is 1. The number of aryl methyl sites for hydroxylation is 1. The predicted octanol–water partition coefficient (Wildman–Crippen LogP) is 6.22. The number of anilines is 1. The molecule has 6 nitrogen and oxygen atoms in total. The average Bonchev–Trinajstić information content (AvgIpc) is 3.56. The first-order valence-corrected chi connectivity index (χ1v) is 12.6. The molecule has 2 heterocycles. The van der Waals surface area contributed by atoms with Crippen LogP contribution in [-0.4, -0.2) is 37.3 Å². The van der Waals surface area contributed by atoms with Crippen LogP contribution in [0.25, 0.3) is 22.0 Å². The lowest BCUT2D eigenvalue weighted by Crippen LogP contribution is -2.33. The number of halogens is 1. The van der Waals surface area contributed by atoms with E-state index in [1.807, 2.05) is 31.2 Å². The Bertz CT molecular complexity index is 1410. The highest BCUT2D eigenvalue weighted by atomic mass is 32.1. The van der Waals surface area contributed by atoms with Crippen LogP contribution in [0.3, 0.4) is 0 Å². The van der Waals surface area contributed by atoms with Crippen molar-refractivity contribution in [2.75, 3.05) is 5.32 Å². The number of hydrogen-bond acceptors (Lipinski definition) is 6. The number of benzene rings is 2. The Morgan fingerprint density at radius 2 is 1.89 bits per heavy atom. The third-order valence-electron chi connectivity index (χ3n) is 5.94. The molecular weight excluding hydrogens is 461 g/mol. The topological polar surface area (TPSA) is 71.0 Å². The molecule has 1 fully saturated rings. The molecule has 0 bridgehead atoms. The molecule has 0 saturated heterocycles. The largest absolute Gasteiger partial charge is 0.365 e. The van der Waals surface area contributed by atoms with Gasteiger partial charge in [0.25, 0.3) is 5.91 Å². The van der Waals surface area contributed by atoms with Gasteiger partial charge in [0.1, 0.15) is 23.7 Å². The summed E-state index contributed by atoms with van der Waals surface area (Å²) in [5, 5.41) is 6.96. The summed E-state index contributed by atoms with van der Waals surface area (Å²) in [5.74, 6) is 0.305. The first-order valence-electron chi connectivity index (χ1n) is 11.7.